The maximum Gasteiger partial charge on any atom is 0.254 e. The first-order chi connectivity index (χ1) is 12.5. The number of nitrogens with zero attached hydrogens (tertiary/aromatic N) is 4. The lowest BCUT2D eigenvalue weighted by atomic mass is 9.85. The largest absolute Gasteiger partial charge is 0.317 e. The van der Waals surface area contributed by atoms with Crippen molar-refractivity contribution in [3.8, 4) is 0 Å². The lowest BCUT2D eigenvalue weighted by molar-refractivity contribution is -0.130. The molecule has 6 nitrogen and oxygen atoms in total. The zero-order chi connectivity index (χ0) is 18.7. The first-order valence-corrected chi connectivity index (χ1v) is 9.03. The molecule has 3 rings (SSSR count). The van der Waals surface area contributed by atoms with Gasteiger partial charge in [0.25, 0.3) is 5.91 Å². The van der Waals surface area contributed by atoms with Crippen LogP contribution in [0.15, 0.2) is 36.7 Å². The number of anilines is 2. The first kappa shape index (κ1) is 18.5. The van der Waals surface area contributed by atoms with Crippen LogP contribution in [0, 0.1) is 13.8 Å². The summed E-state index contributed by atoms with van der Waals surface area (Å²) in [5.41, 5.74) is 2.38. The highest BCUT2D eigenvalue weighted by Crippen LogP contribution is 2.35. The Morgan fingerprint density at radius 2 is 1.62 bits per heavy atom. The van der Waals surface area contributed by atoms with Gasteiger partial charge in [-0.15, -0.1) is 0 Å². The third-order valence-corrected chi connectivity index (χ3v) is 5.30. The fourth-order valence-corrected chi connectivity index (χ4v) is 3.76. The van der Waals surface area contributed by atoms with E-state index in [9.17, 15) is 4.79 Å². The van der Waals surface area contributed by atoms with E-state index in [0.29, 0.717) is 5.95 Å². The molecule has 1 amide bonds. The van der Waals surface area contributed by atoms with Gasteiger partial charge < -0.3 is 5.32 Å². The zero-order valence-electron chi connectivity index (χ0n) is 16.0. The maximum absolute atomic E-state index is 13.9. The van der Waals surface area contributed by atoms with Crippen molar-refractivity contribution in [2.24, 2.45) is 0 Å². The van der Waals surface area contributed by atoms with Crippen molar-refractivity contribution in [2.75, 3.05) is 32.1 Å². The monoisotopic (exact) mass is 353 g/mol. The van der Waals surface area contributed by atoms with Crippen molar-refractivity contribution < 1.29 is 4.79 Å². The number of benzene rings is 1. The summed E-state index contributed by atoms with van der Waals surface area (Å²) >= 11 is 0. The third-order valence-electron chi connectivity index (χ3n) is 5.30. The minimum atomic E-state index is -0.570. The molecule has 1 aromatic heterocycles. The van der Waals surface area contributed by atoms with Gasteiger partial charge in [0.2, 0.25) is 5.95 Å². The Morgan fingerprint density at radius 1 is 1.04 bits per heavy atom. The lowest BCUT2D eigenvalue weighted by Gasteiger charge is -2.44. The van der Waals surface area contributed by atoms with Crippen LogP contribution in [0.3, 0.4) is 0 Å². The highest BCUT2D eigenvalue weighted by atomic mass is 16.2. The summed E-state index contributed by atoms with van der Waals surface area (Å²) in [6, 6.07) is 7.82. The van der Waals surface area contributed by atoms with Gasteiger partial charge in [0.1, 0.15) is 5.54 Å². The van der Waals surface area contributed by atoms with Crippen LogP contribution in [-0.2, 0) is 4.79 Å². The zero-order valence-corrected chi connectivity index (χ0v) is 16.0. The molecule has 0 radical (unpaired) electrons. The predicted octanol–water partition coefficient (Wildman–Crippen LogP) is 2.44. The van der Waals surface area contributed by atoms with Gasteiger partial charge in [-0.3, -0.25) is 9.69 Å². The summed E-state index contributed by atoms with van der Waals surface area (Å²) in [7, 11) is 3.97. The number of carbonyl (C=O) groups excluding carboxylic acids is 1. The van der Waals surface area contributed by atoms with Crippen LogP contribution in [-0.4, -0.2) is 53.5 Å². The Labute approximate surface area is 155 Å². The number of hydrogen-bond donors (Lipinski definition) is 1. The fourth-order valence-electron chi connectivity index (χ4n) is 3.76. The van der Waals surface area contributed by atoms with Crippen LogP contribution in [0.2, 0.25) is 0 Å². The molecule has 2 aromatic rings. The quantitative estimate of drug-likeness (QED) is 0.915. The standard InChI is InChI=1S/C20H27N5O/c1-15-7-5-8-16(2)17(15)25(19-22-11-6-12-23-19)18(26)20(24(3)4)9-13-21-14-10-20/h5-8,11-12,21H,9-10,13-14H2,1-4H3. The van der Waals surface area contributed by atoms with E-state index in [4.69, 9.17) is 0 Å². The van der Waals surface area contributed by atoms with Crippen molar-refractivity contribution in [3.63, 3.8) is 0 Å². The molecule has 0 aliphatic carbocycles. The average Bonchev–Trinajstić information content (AvgIpc) is 2.65. The first-order valence-electron chi connectivity index (χ1n) is 9.03. The molecular weight excluding hydrogens is 326 g/mol. The van der Waals surface area contributed by atoms with Crippen molar-refractivity contribution in [3.05, 3.63) is 47.8 Å². The number of aromatic nitrogens is 2. The lowest BCUT2D eigenvalue weighted by Crippen LogP contribution is -2.61. The molecule has 0 spiro atoms. The van der Waals surface area contributed by atoms with Gasteiger partial charge in [-0.2, -0.15) is 0 Å². The molecule has 26 heavy (non-hydrogen) atoms. The minimum Gasteiger partial charge on any atom is -0.317 e. The van der Waals surface area contributed by atoms with Gasteiger partial charge in [0.15, 0.2) is 0 Å². The Bertz CT molecular complexity index is 749. The summed E-state index contributed by atoms with van der Waals surface area (Å²) in [6.45, 7) is 5.69. The van der Waals surface area contributed by atoms with E-state index in [1.54, 1.807) is 23.4 Å². The van der Waals surface area contributed by atoms with Gasteiger partial charge in [-0.1, -0.05) is 18.2 Å². The summed E-state index contributed by atoms with van der Waals surface area (Å²) in [4.78, 5) is 26.5. The molecule has 138 valence electrons. The Balaban J connectivity index is 2.16. The van der Waals surface area contributed by atoms with E-state index in [0.717, 1.165) is 42.7 Å². The van der Waals surface area contributed by atoms with Crippen LogP contribution < -0.4 is 10.2 Å². The van der Waals surface area contributed by atoms with Crippen molar-refractivity contribution in [1.29, 1.82) is 0 Å². The highest BCUT2D eigenvalue weighted by Gasteiger charge is 2.46. The summed E-state index contributed by atoms with van der Waals surface area (Å²) < 4.78 is 0. The van der Waals surface area contributed by atoms with E-state index in [-0.39, 0.29) is 5.91 Å². The van der Waals surface area contributed by atoms with Crippen LogP contribution in [0.25, 0.3) is 0 Å². The molecule has 2 heterocycles. The number of para-hydroxylation sites is 1. The van der Waals surface area contributed by atoms with E-state index in [1.807, 2.05) is 46.1 Å². The van der Waals surface area contributed by atoms with Gasteiger partial charge in [0, 0.05) is 12.4 Å². The minimum absolute atomic E-state index is 0.0348. The number of rotatable bonds is 4. The van der Waals surface area contributed by atoms with Gasteiger partial charge in [0.05, 0.1) is 5.69 Å². The molecule has 6 heteroatoms. The number of carbonyl (C=O) groups is 1. The SMILES string of the molecule is Cc1cccc(C)c1N(C(=O)C1(N(C)C)CCNCC1)c1ncccn1. The molecule has 0 bridgehead atoms. The van der Waals surface area contributed by atoms with Crippen LogP contribution in [0.5, 0.6) is 0 Å². The summed E-state index contributed by atoms with van der Waals surface area (Å²) in [5.74, 6) is 0.460. The van der Waals surface area contributed by atoms with Crippen LogP contribution in [0.1, 0.15) is 24.0 Å². The van der Waals surface area contributed by atoms with Crippen molar-refractivity contribution >= 4 is 17.5 Å². The molecule has 1 N–H and O–H groups in total. The highest BCUT2D eigenvalue weighted by molar-refractivity contribution is 6.05. The number of piperidine rings is 1. The Kier molecular flexibility index (Phi) is 5.34. The van der Waals surface area contributed by atoms with Crippen molar-refractivity contribution in [1.82, 2.24) is 20.2 Å². The van der Waals surface area contributed by atoms with Crippen LogP contribution in [0.4, 0.5) is 11.6 Å². The molecule has 1 saturated heterocycles. The second kappa shape index (κ2) is 7.51. The number of nitrogens with one attached hydrogen (secondary N) is 1. The number of amides is 1. The maximum atomic E-state index is 13.9. The molecule has 1 aliphatic rings. The van der Waals surface area contributed by atoms with Gasteiger partial charge in [-0.25, -0.2) is 14.9 Å². The molecule has 1 fully saturated rings. The summed E-state index contributed by atoms with van der Waals surface area (Å²) in [5, 5.41) is 3.36. The number of likely N-dealkylation sites (N-methyl/N-ethyl adjacent to an activating group) is 1. The van der Waals surface area contributed by atoms with Gasteiger partial charge >= 0.3 is 0 Å². The summed E-state index contributed by atoms with van der Waals surface area (Å²) in [6.07, 6.45) is 4.88. The second-order valence-electron chi connectivity index (χ2n) is 7.11. The van der Waals surface area contributed by atoms with Crippen LogP contribution >= 0.6 is 0 Å². The smallest absolute Gasteiger partial charge is 0.254 e. The van der Waals surface area contributed by atoms with E-state index in [1.165, 1.54) is 0 Å². The molecule has 1 aliphatic heterocycles. The predicted molar refractivity (Wildman–Crippen MR) is 104 cm³/mol. The Hall–Kier alpha value is -2.31. The molecule has 0 saturated carbocycles. The molecule has 0 atom stereocenters. The van der Waals surface area contributed by atoms with E-state index in [2.05, 4.69) is 20.2 Å². The van der Waals surface area contributed by atoms with Crippen molar-refractivity contribution in [2.45, 2.75) is 32.2 Å². The normalized spacial score (nSPS) is 16.5. The molecular formula is C20H27N5O. The number of aryl methyl sites for hydroxylation is 2. The third kappa shape index (κ3) is 3.22. The topological polar surface area (TPSA) is 61.4 Å². The molecule has 1 aromatic carbocycles. The number of hydrogen-bond acceptors (Lipinski definition) is 5. The fraction of sp³-hybridized carbons (Fsp3) is 0.450. The average molecular weight is 353 g/mol. The molecule has 0 unspecified atom stereocenters. The second-order valence-corrected chi connectivity index (χ2v) is 7.11. The van der Waals surface area contributed by atoms with Gasteiger partial charge in [-0.05, 0) is 71.1 Å². The Morgan fingerprint density at radius 3 is 2.15 bits per heavy atom. The van der Waals surface area contributed by atoms with E-state index >= 15 is 0 Å². The van der Waals surface area contributed by atoms with E-state index < -0.39 is 5.54 Å².